The summed E-state index contributed by atoms with van der Waals surface area (Å²) in [4.78, 5) is 17.7. The van der Waals surface area contributed by atoms with E-state index >= 15 is 0 Å². The molecule has 0 bridgehead atoms. The largest absolute Gasteiger partial charge is 0.460 e. The maximum atomic E-state index is 10.6. The summed E-state index contributed by atoms with van der Waals surface area (Å²) in [5, 5.41) is 0.167. The Labute approximate surface area is 70.5 Å². The van der Waals surface area contributed by atoms with Gasteiger partial charge in [-0.15, -0.1) is 4.57 Å². The Hall–Kier alpha value is -1.56. The van der Waals surface area contributed by atoms with Gasteiger partial charge in [0.25, 0.3) is 0 Å². The van der Waals surface area contributed by atoms with Crippen LogP contribution in [0.2, 0.25) is 5.15 Å². The number of hydrogen-bond acceptors (Lipinski definition) is 5. The Kier molecular flexibility index (Phi) is 1.31. The lowest BCUT2D eigenvalue weighted by atomic mass is 10.6. The van der Waals surface area contributed by atoms with Gasteiger partial charge in [0.15, 0.2) is 5.65 Å². The molecule has 6 nitrogen and oxygen atoms in total. The molecule has 0 saturated heterocycles. The number of halogens is 1. The molecule has 7 heteroatoms. The number of nitrogens with two attached hydrogens (primary N) is 1. The SMILES string of the molecule is Nc1nc(Cl)cc2nc(=O)on12. The van der Waals surface area contributed by atoms with Crippen LogP contribution in [-0.2, 0) is 0 Å². The number of nitrogens with zero attached hydrogens (tertiary/aromatic N) is 3. The number of fused-ring (bicyclic) bond motifs is 1. The fourth-order valence-corrected chi connectivity index (χ4v) is 1.02. The van der Waals surface area contributed by atoms with Crippen LogP contribution in [0.25, 0.3) is 5.65 Å². The first-order chi connectivity index (χ1) is 5.66. The summed E-state index contributed by atoms with van der Waals surface area (Å²) in [5.74, 6) is -0.738. The molecule has 0 radical (unpaired) electrons. The highest BCUT2D eigenvalue weighted by atomic mass is 35.5. The van der Waals surface area contributed by atoms with Crippen molar-refractivity contribution < 1.29 is 4.52 Å². The molecule has 0 aliphatic heterocycles. The number of aromatic nitrogens is 3. The van der Waals surface area contributed by atoms with Crippen molar-refractivity contribution in [2.24, 2.45) is 0 Å². The van der Waals surface area contributed by atoms with E-state index in [1.54, 1.807) is 0 Å². The smallest absolute Gasteiger partial charge is 0.367 e. The maximum Gasteiger partial charge on any atom is 0.460 e. The summed E-state index contributed by atoms with van der Waals surface area (Å²) >= 11 is 5.55. The van der Waals surface area contributed by atoms with Gasteiger partial charge in [0.1, 0.15) is 5.15 Å². The van der Waals surface area contributed by atoms with Crippen LogP contribution in [-0.4, -0.2) is 14.5 Å². The van der Waals surface area contributed by atoms with Gasteiger partial charge < -0.3 is 10.3 Å². The molecule has 2 aromatic rings. The molecule has 0 aliphatic carbocycles. The van der Waals surface area contributed by atoms with Gasteiger partial charge in [0.05, 0.1) is 0 Å². The third kappa shape index (κ3) is 0.928. The summed E-state index contributed by atoms with van der Waals surface area (Å²) in [5.41, 5.74) is 5.61. The van der Waals surface area contributed by atoms with Crippen molar-refractivity contribution in [3.8, 4) is 0 Å². The van der Waals surface area contributed by atoms with Crippen LogP contribution < -0.4 is 11.5 Å². The van der Waals surface area contributed by atoms with Crippen LogP contribution in [0.1, 0.15) is 0 Å². The minimum Gasteiger partial charge on any atom is -0.367 e. The maximum absolute atomic E-state index is 10.6. The van der Waals surface area contributed by atoms with E-state index < -0.39 is 5.76 Å². The highest BCUT2D eigenvalue weighted by Crippen LogP contribution is 2.10. The quantitative estimate of drug-likeness (QED) is 0.582. The minimum atomic E-state index is -0.731. The molecule has 0 fully saturated rings. The second-order valence-electron chi connectivity index (χ2n) is 2.06. The zero-order chi connectivity index (χ0) is 8.72. The fraction of sp³-hybridized carbons (Fsp3) is 0. The first kappa shape index (κ1) is 7.11. The van der Waals surface area contributed by atoms with Crippen LogP contribution >= 0.6 is 11.6 Å². The molecule has 2 heterocycles. The van der Waals surface area contributed by atoms with E-state index in [4.69, 9.17) is 17.3 Å². The Morgan fingerprint density at radius 1 is 1.58 bits per heavy atom. The van der Waals surface area contributed by atoms with Gasteiger partial charge >= 0.3 is 5.76 Å². The van der Waals surface area contributed by atoms with E-state index in [1.807, 2.05) is 0 Å². The molecule has 12 heavy (non-hydrogen) atoms. The van der Waals surface area contributed by atoms with Crippen LogP contribution in [0.4, 0.5) is 5.95 Å². The van der Waals surface area contributed by atoms with Crippen molar-refractivity contribution in [1.29, 1.82) is 0 Å². The third-order valence-corrected chi connectivity index (χ3v) is 1.45. The molecule has 0 aliphatic rings. The number of anilines is 1. The van der Waals surface area contributed by atoms with Gasteiger partial charge in [-0.05, 0) is 0 Å². The van der Waals surface area contributed by atoms with E-state index in [1.165, 1.54) is 6.07 Å². The molecule has 0 spiro atoms. The minimum absolute atomic E-state index is 0.00731. The van der Waals surface area contributed by atoms with E-state index in [9.17, 15) is 4.79 Å². The number of nitrogen functional groups attached to an aromatic ring is 1. The second-order valence-corrected chi connectivity index (χ2v) is 2.45. The van der Waals surface area contributed by atoms with Gasteiger partial charge in [-0.1, -0.05) is 11.6 Å². The zero-order valence-corrected chi connectivity index (χ0v) is 6.45. The van der Waals surface area contributed by atoms with Gasteiger partial charge in [-0.25, -0.2) is 9.78 Å². The Bertz CT molecular complexity index is 488. The van der Waals surface area contributed by atoms with Gasteiger partial charge in [-0.2, -0.15) is 4.98 Å². The first-order valence-corrected chi connectivity index (χ1v) is 3.37. The van der Waals surface area contributed by atoms with E-state index in [0.717, 1.165) is 4.57 Å². The van der Waals surface area contributed by atoms with Gasteiger partial charge in [0, 0.05) is 6.07 Å². The van der Waals surface area contributed by atoms with E-state index in [0.29, 0.717) is 0 Å². The average Bonchev–Trinajstić information content (AvgIpc) is 2.29. The number of hydrogen-bond donors (Lipinski definition) is 1. The highest BCUT2D eigenvalue weighted by Gasteiger charge is 2.05. The molecular weight excluding hydrogens is 184 g/mol. The lowest BCUT2D eigenvalue weighted by Crippen LogP contribution is -1.99. The molecule has 62 valence electrons. The highest BCUT2D eigenvalue weighted by molar-refractivity contribution is 6.29. The molecule has 2 rings (SSSR count). The first-order valence-electron chi connectivity index (χ1n) is 2.99. The topological polar surface area (TPSA) is 86.4 Å². The summed E-state index contributed by atoms with van der Waals surface area (Å²) in [6, 6.07) is 1.38. The predicted octanol–water partition coefficient (Wildman–Crippen LogP) is -0.0819. The summed E-state index contributed by atoms with van der Waals surface area (Å²) < 4.78 is 5.57. The van der Waals surface area contributed by atoms with Crippen molar-refractivity contribution in [3.63, 3.8) is 0 Å². The van der Waals surface area contributed by atoms with Crippen LogP contribution in [0.3, 0.4) is 0 Å². The third-order valence-electron chi connectivity index (χ3n) is 1.26. The Balaban J connectivity index is 2.97. The fourth-order valence-electron chi connectivity index (χ4n) is 0.833. The zero-order valence-electron chi connectivity index (χ0n) is 5.69. The Morgan fingerprint density at radius 2 is 2.33 bits per heavy atom. The molecule has 0 aromatic carbocycles. The summed E-state index contributed by atoms with van der Waals surface area (Å²) in [6.07, 6.45) is 0. The van der Waals surface area contributed by atoms with Crippen molar-refractivity contribution in [2.45, 2.75) is 0 Å². The monoisotopic (exact) mass is 186 g/mol. The molecule has 0 saturated carbocycles. The van der Waals surface area contributed by atoms with Crippen molar-refractivity contribution in [2.75, 3.05) is 5.73 Å². The molecule has 2 aromatic heterocycles. The molecule has 0 atom stereocenters. The molecule has 0 unspecified atom stereocenters. The van der Waals surface area contributed by atoms with Crippen molar-refractivity contribution in [3.05, 3.63) is 21.8 Å². The van der Waals surface area contributed by atoms with Crippen LogP contribution in [0.5, 0.6) is 0 Å². The standard InChI is InChI=1S/C5H3ClN4O2/c6-2-1-3-9-5(11)12-10(3)4(7)8-2/h1H,(H2,7,8). The second kappa shape index (κ2) is 2.21. The lowest BCUT2D eigenvalue weighted by Gasteiger charge is -1.94. The number of rotatable bonds is 0. The normalized spacial score (nSPS) is 10.8. The van der Waals surface area contributed by atoms with Gasteiger partial charge in [0.2, 0.25) is 5.95 Å². The summed E-state index contributed by atoms with van der Waals surface area (Å²) in [7, 11) is 0. The molecule has 2 N–H and O–H groups in total. The van der Waals surface area contributed by atoms with E-state index in [-0.39, 0.29) is 16.7 Å². The predicted molar refractivity (Wildman–Crippen MR) is 40.9 cm³/mol. The molecular formula is C5H3ClN4O2. The Morgan fingerprint density at radius 3 is 3.08 bits per heavy atom. The van der Waals surface area contributed by atoms with Crippen LogP contribution in [0, 0.1) is 0 Å². The lowest BCUT2D eigenvalue weighted by molar-refractivity contribution is 0.347. The van der Waals surface area contributed by atoms with Crippen LogP contribution in [0.15, 0.2) is 15.4 Å². The van der Waals surface area contributed by atoms with Crippen molar-refractivity contribution >= 4 is 23.2 Å². The summed E-state index contributed by atoms with van der Waals surface area (Å²) in [6.45, 7) is 0. The molecule has 0 amide bonds. The van der Waals surface area contributed by atoms with Crippen molar-refractivity contribution in [1.82, 2.24) is 14.5 Å². The van der Waals surface area contributed by atoms with Gasteiger partial charge in [-0.3, -0.25) is 0 Å². The van der Waals surface area contributed by atoms with E-state index in [2.05, 4.69) is 14.5 Å². The average molecular weight is 187 g/mol.